The molecule has 0 radical (unpaired) electrons. The van der Waals surface area contributed by atoms with Crippen LogP contribution in [0.4, 0.5) is 5.95 Å². The summed E-state index contributed by atoms with van der Waals surface area (Å²) in [5.74, 6) is 2.46. The number of anilines is 1. The highest BCUT2D eigenvalue weighted by Crippen LogP contribution is 2.33. The molecule has 0 bridgehead atoms. The monoisotopic (exact) mass is 375 g/mol. The van der Waals surface area contributed by atoms with E-state index in [2.05, 4.69) is 10.1 Å². The van der Waals surface area contributed by atoms with Gasteiger partial charge in [0.15, 0.2) is 17.1 Å². The third-order valence-electron chi connectivity index (χ3n) is 4.67. The van der Waals surface area contributed by atoms with Gasteiger partial charge in [-0.05, 0) is 42.3 Å². The summed E-state index contributed by atoms with van der Waals surface area (Å²) in [5.41, 5.74) is 9.21. The molecular formula is C20H17N5O3. The van der Waals surface area contributed by atoms with Crippen molar-refractivity contribution in [2.24, 2.45) is 0 Å². The van der Waals surface area contributed by atoms with Crippen LogP contribution in [0.3, 0.4) is 0 Å². The fraction of sp³-hybridized carbons (Fsp3) is 0.200. The standard InChI is InChI=1S/C20H17N5O3/c1-11(26)6-12-2-4-15-14(7-12)19-23-20(21)24-25(19)18(22-15)9-13-3-5-16-17(8-13)28-10-27-16/h2-5,7-8H,6,9-10H2,1H3,(H2,21,24). The number of carbonyl (C=O) groups is 1. The zero-order chi connectivity index (χ0) is 19.3. The quantitative estimate of drug-likeness (QED) is 0.583. The maximum absolute atomic E-state index is 11.5. The van der Waals surface area contributed by atoms with Crippen LogP contribution in [0.15, 0.2) is 36.4 Å². The lowest BCUT2D eigenvalue weighted by atomic mass is 10.1. The molecule has 0 fully saturated rings. The largest absolute Gasteiger partial charge is 0.454 e. The molecule has 0 unspecified atom stereocenters. The molecule has 1 aliphatic rings. The second kappa shape index (κ2) is 6.19. The van der Waals surface area contributed by atoms with Gasteiger partial charge in [-0.1, -0.05) is 12.1 Å². The smallest absolute Gasteiger partial charge is 0.240 e. The Bertz CT molecular complexity index is 1250. The van der Waals surface area contributed by atoms with Gasteiger partial charge >= 0.3 is 0 Å². The van der Waals surface area contributed by atoms with Crippen molar-refractivity contribution in [3.05, 3.63) is 53.3 Å². The first-order valence-corrected chi connectivity index (χ1v) is 8.88. The van der Waals surface area contributed by atoms with Crippen LogP contribution in [0, 0.1) is 0 Å². The number of fused-ring (bicyclic) bond motifs is 4. The zero-order valence-corrected chi connectivity index (χ0v) is 15.2. The molecule has 2 aromatic heterocycles. The van der Waals surface area contributed by atoms with Crippen LogP contribution in [0.1, 0.15) is 23.9 Å². The van der Waals surface area contributed by atoms with Crippen LogP contribution >= 0.6 is 0 Å². The van der Waals surface area contributed by atoms with Crippen LogP contribution in [0.5, 0.6) is 11.5 Å². The fourth-order valence-electron chi connectivity index (χ4n) is 3.47. The molecule has 8 heteroatoms. The summed E-state index contributed by atoms with van der Waals surface area (Å²) in [5, 5.41) is 5.14. The zero-order valence-electron chi connectivity index (χ0n) is 15.2. The predicted molar refractivity (Wildman–Crippen MR) is 102 cm³/mol. The molecule has 0 saturated carbocycles. The number of carbonyl (C=O) groups excluding carboxylic acids is 1. The highest BCUT2D eigenvalue weighted by molar-refractivity contribution is 5.93. The first-order valence-electron chi connectivity index (χ1n) is 8.88. The van der Waals surface area contributed by atoms with Crippen LogP contribution < -0.4 is 15.2 Å². The molecule has 0 spiro atoms. The molecule has 140 valence electrons. The Morgan fingerprint density at radius 2 is 1.93 bits per heavy atom. The Morgan fingerprint density at radius 1 is 1.11 bits per heavy atom. The summed E-state index contributed by atoms with van der Waals surface area (Å²) in [7, 11) is 0. The van der Waals surface area contributed by atoms with Gasteiger partial charge in [-0.2, -0.15) is 9.50 Å². The number of ketones is 1. The van der Waals surface area contributed by atoms with Crippen molar-refractivity contribution in [2.75, 3.05) is 12.5 Å². The summed E-state index contributed by atoms with van der Waals surface area (Å²) in [6.45, 7) is 1.81. The molecule has 4 aromatic rings. The van der Waals surface area contributed by atoms with E-state index in [-0.39, 0.29) is 18.5 Å². The summed E-state index contributed by atoms with van der Waals surface area (Å²) in [6, 6.07) is 11.5. The number of benzene rings is 2. The Labute approximate surface area is 159 Å². The average molecular weight is 375 g/mol. The molecule has 0 amide bonds. The number of nitrogens with two attached hydrogens (primary N) is 1. The Hall–Kier alpha value is -3.68. The van der Waals surface area contributed by atoms with E-state index in [4.69, 9.17) is 20.2 Å². The van der Waals surface area contributed by atoms with E-state index < -0.39 is 0 Å². The average Bonchev–Trinajstić information content (AvgIpc) is 3.27. The highest BCUT2D eigenvalue weighted by atomic mass is 16.7. The first-order chi connectivity index (χ1) is 13.6. The first kappa shape index (κ1) is 16.5. The topological polar surface area (TPSA) is 105 Å². The predicted octanol–water partition coefficient (Wildman–Crippen LogP) is 2.31. The summed E-state index contributed by atoms with van der Waals surface area (Å²) >= 11 is 0. The number of nitrogen functional groups attached to an aromatic ring is 1. The summed E-state index contributed by atoms with van der Waals surface area (Å²) in [6.07, 6.45) is 0.895. The lowest BCUT2D eigenvalue weighted by Crippen LogP contribution is -2.05. The van der Waals surface area contributed by atoms with Crippen molar-refractivity contribution < 1.29 is 14.3 Å². The van der Waals surface area contributed by atoms with Crippen molar-refractivity contribution in [3.8, 4) is 11.5 Å². The lowest BCUT2D eigenvalue weighted by Gasteiger charge is -2.08. The van der Waals surface area contributed by atoms with Crippen molar-refractivity contribution in [3.63, 3.8) is 0 Å². The second-order valence-electron chi connectivity index (χ2n) is 6.83. The second-order valence-corrected chi connectivity index (χ2v) is 6.83. The van der Waals surface area contributed by atoms with Crippen LogP contribution in [-0.4, -0.2) is 32.2 Å². The molecule has 28 heavy (non-hydrogen) atoms. The number of hydrogen-bond donors (Lipinski definition) is 1. The van der Waals surface area contributed by atoms with Gasteiger partial charge in [-0.15, -0.1) is 5.10 Å². The van der Waals surface area contributed by atoms with Crippen LogP contribution in [-0.2, 0) is 17.6 Å². The maximum atomic E-state index is 11.5. The van der Waals surface area contributed by atoms with Crippen LogP contribution in [0.2, 0.25) is 0 Å². The van der Waals surface area contributed by atoms with Gasteiger partial charge in [-0.25, -0.2) is 4.98 Å². The molecule has 0 atom stereocenters. The molecule has 2 aromatic carbocycles. The minimum absolute atomic E-state index is 0.101. The third kappa shape index (κ3) is 2.79. The Kier molecular flexibility index (Phi) is 3.65. The van der Waals surface area contributed by atoms with Crippen LogP contribution in [0.25, 0.3) is 16.6 Å². The van der Waals surface area contributed by atoms with E-state index in [1.54, 1.807) is 11.4 Å². The Morgan fingerprint density at radius 3 is 2.79 bits per heavy atom. The molecule has 3 heterocycles. The summed E-state index contributed by atoms with van der Waals surface area (Å²) < 4.78 is 12.5. The number of rotatable bonds is 4. The molecule has 5 rings (SSSR count). The van der Waals surface area contributed by atoms with Crippen molar-refractivity contribution in [1.29, 1.82) is 0 Å². The normalized spacial score (nSPS) is 12.8. The third-order valence-corrected chi connectivity index (χ3v) is 4.67. The molecule has 0 saturated heterocycles. The van der Waals surface area contributed by atoms with Gasteiger partial charge in [-0.3, -0.25) is 4.79 Å². The molecular weight excluding hydrogens is 358 g/mol. The van der Waals surface area contributed by atoms with Gasteiger partial charge in [0, 0.05) is 18.2 Å². The van der Waals surface area contributed by atoms with Gasteiger partial charge in [0.25, 0.3) is 0 Å². The lowest BCUT2D eigenvalue weighted by molar-refractivity contribution is -0.116. The van der Waals surface area contributed by atoms with Crippen molar-refractivity contribution >= 4 is 28.3 Å². The minimum Gasteiger partial charge on any atom is -0.454 e. The number of hydrogen-bond acceptors (Lipinski definition) is 7. The maximum Gasteiger partial charge on any atom is 0.240 e. The number of Topliss-reactive ketones (excluding diaryl/α,β-unsaturated/α-hetero) is 1. The number of ether oxygens (including phenoxy) is 2. The van der Waals surface area contributed by atoms with E-state index in [1.807, 2.05) is 36.4 Å². The number of nitrogens with zero attached hydrogens (tertiary/aromatic N) is 4. The summed E-state index contributed by atoms with van der Waals surface area (Å²) in [4.78, 5) is 20.6. The highest BCUT2D eigenvalue weighted by Gasteiger charge is 2.17. The van der Waals surface area contributed by atoms with Crippen molar-refractivity contribution in [2.45, 2.75) is 19.8 Å². The number of aromatic nitrogens is 4. The molecule has 8 nitrogen and oxygen atoms in total. The molecule has 2 N–H and O–H groups in total. The van der Waals surface area contributed by atoms with E-state index in [0.29, 0.717) is 24.3 Å². The molecule has 0 aliphatic carbocycles. The van der Waals surface area contributed by atoms with E-state index in [9.17, 15) is 4.79 Å². The molecule has 1 aliphatic heterocycles. The SMILES string of the molecule is CC(=O)Cc1ccc2nc(Cc3ccc4c(c3)OCO4)n3nc(N)nc3c2c1. The van der Waals surface area contributed by atoms with Gasteiger partial charge in [0.2, 0.25) is 12.7 Å². The van der Waals surface area contributed by atoms with Gasteiger partial charge in [0.1, 0.15) is 11.6 Å². The van der Waals surface area contributed by atoms with Gasteiger partial charge < -0.3 is 15.2 Å². The van der Waals surface area contributed by atoms with Gasteiger partial charge in [0.05, 0.1) is 5.52 Å². The minimum atomic E-state index is 0.101. The Balaban J connectivity index is 1.63. The van der Waals surface area contributed by atoms with Crippen molar-refractivity contribution in [1.82, 2.24) is 19.6 Å². The van der Waals surface area contributed by atoms with E-state index >= 15 is 0 Å². The fourth-order valence-corrected chi connectivity index (χ4v) is 3.47. The van der Waals surface area contributed by atoms with E-state index in [1.165, 1.54) is 0 Å². The van der Waals surface area contributed by atoms with E-state index in [0.717, 1.165) is 33.5 Å².